The van der Waals surface area contributed by atoms with Crippen molar-refractivity contribution in [2.24, 2.45) is 0 Å². The number of hydrogen-bond donors (Lipinski definition) is 0. The Kier molecular flexibility index (Phi) is 8.93. The third-order valence-corrected chi connectivity index (χ3v) is 5.70. The first-order valence-electron chi connectivity index (χ1n) is 11.6. The number of likely N-dealkylation sites (N-methyl/N-ethyl adjacent to an activating group) is 1. The monoisotopic (exact) mass is 413 g/mol. The Morgan fingerprint density at radius 2 is 1.23 bits per heavy atom. The van der Waals surface area contributed by atoms with Gasteiger partial charge in [0.15, 0.2) is 0 Å². The Labute approximate surface area is 188 Å². The van der Waals surface area contributed by atoms with Crippen molar-refractivity contribution >= 4 is 11.1 Å². The molecule has 0 aromatic heterocycles. The third kappa shape index (κ3) is 6.32. The summed E-state index contributed by atoms with van der Waals surface area (Å²) in [5, 5.41) is 0. The molecule has 0 bridgehead atoms. The quantitative estimate of drug-likeness (QED) is 0.309. The molecule has 3 rings (SSSR count). The first kappa shape index (κ1) is 22.8. The van der Waals surface area contributed by atoms with E-state index in [1.807, 2.05) is 0 Å². The lowest BCUT2D eigenvalue weighted by molar-refractivity contribution is 0.223. The molecular formula is C29H35NO. The molecule has 0 atom stereocenters. The summed E-state index contributed by atoms with van der Waals surface area (Å²) >= 11 is 0. The van der Waals surface area contributed by atoms with Gasteiger partial charge in [-0.1, -0.05) is 100.0 Å². The molecule has 3 aromatic rings. The minimum atomic E-state index is 0.716. The highest BCUT2D eigenvalue weighted by atomic mass is 16.5. The molecule has 0 N–H and O–H groups in total. The molecule has 0 spiro atoms. The summed E-state index contributed by atoms with van der Waals surface area (Å²) in [7, 11) is 0. The van der Waals surface area contributed by atoms with Gasteiger partial charge in [0.05, 0.1) is 0 Å². The van der Waals surface area contributed by atoms with E-state index in [2.05, 4.69) is 111 Å². The maximum Gasteiger partial charge on any atom is 0.119 e. The van der Waals surface area contributed by atoms with E-state index in [1.165, 1.54) is 27.8 Å². The number of hydrogen-bond acceptors (Lipinski definition) is 2. The van der Waals surface area contributed by atoms with E-state index in [9.17, 15) is 0 Å². The molecule has 0 fully saturated rings. The molecule has 0 aliphatic rings. The highest BCUT2D eigenvalue weighted by Gasteiger charge is 2.13. The Hall–Kier alpha value is -2.84. The molecule has 0 heterocycles. The van der Waals surface area contributed by atoms with E-state index in [0.29, 0.717) is 6.61 Å². The second kappa shape index (κ2) is 12.1. The van der Waals surface area contributed by atoms with Crippen LogP contribution < -0.4 is 4.74 Å². The van der Waals surface area contributed by atoms with Crippen molar-refractivity contribution in [1.82, 2.24) is 4.90 Å². The minimum Gasteiger partial charge on any atom is -0.492 e. The van der Waals surface area contributed by atoms with Crippen LogP contribution in [0.3, 0.4) is 0 Å². The first-order chi connectivity index (χ1) is 15.3. The van der Waals surface area contributed by atoms with Gasteiger partial charge in [0.2, 0.25) is 0 Å². The van der Waals surface area contributed by atoms with E-state index in [1.54, 1.807) is 0 Å². The molecule has 0 saturated heterocycles. The Morgan fingerprint density at radius 1 is 0.677 bits per heavy atom. The average Bonchev–Trinajstić information content (AvgIpc) is 2.84. The highest BCUT2D eigenvalue weighted by molar-refractivity contribution is 5.98. The molecule has 2 heteroatoms. The van der Waals surface area contributed by atoms with Crippen LogP contribution in [0.15, 0.2) is 84.9 Å². The van der Waals surface area contributed by atoms with Crippen LogP contribution in [0.5, 0.6) is 5.75 Å². The molecule has 2 nitrogen and oxygen atoms in total. The fraction of sp³-hybridized carbons (Fsp3) is 0.310. The van der Waals surface area contributed by atoms with E-state index in [-0.39, 0.29) is 0 Å². The summed E-state index contributed by atoms with van der Waals surface area (Å²) in [6.45, 7) is 10.4. The van der Waals surface area contributed by atoms with Crippen molar-refractivity contribution in [3.8, 4) is 5.75 Å². The van der Waals surface area contributed by atoms with Gasteiger partial charge in [-0.05, 0) is 59.5 Å². The maximum atomic E-state index is 6.02. The zero-order valence-electron chi connectivity index (χ0n) is 19.2. The van der Waals surface area contributed by atoms with Crippen LogP contribution in [0.1, 0.15) is 50.3 Å². The van der Waals surface area contributed by atoms with Crippen LogP contribution >= 0.6 is 0 Å². The van der Waals surface area contributed by atoms with E-state index in [0.717, 1.165) is 38.2 Å². The summed E-state index contributed by atoms with van der Waals surface area (Å²) in [5.41, 5.74) is 6.48. The molecule has 31 heavy (non-hydrogen) atoms. The smallest absolute Gasteiger partial charge is 0.119 e. The van der Waals surface area contributed by atoms with Crippen LogP contribution in [-0.4, -0.2) is 31.1 Å². The van der Waals surface area contributed by atoms with Crippen molar-refractivity contribution in [2.75, 3.05) is 26.2 Å². The van der Waals surface area contributed by atoms with Crippen molar-refractivity contribution in [2.45, 2.75) is 33.6 Å². The molecule has 162 valence electrons. The largest absolute Gasteiger partial charge is 0.492 e. The molecular weight excluding hydrogens is 378 g/mol. The standard InChI is InChI=1S/C29H35NO/c1-4-13-28(24-14-9-7-10-15-24)29(25-16-11-8-12-17-25)26-18-20-27(21-19-26)31-23-22-30(5-2)6-3/h7-12,14-21H,4-6,13,22-23H2,1-3H3/b29-28-. The lowest BCUT2D eigenvalue weighted by atomic mass is 9.87. The predicted octanol–water partition coefficient (Wildman–Crippen LogP) is 7.17. The van der Waals surface area contributed by atoms with Gasteiger partial charge in [0.25, 0.3) is 0 Å². The number of allylic oxidation sites excluding steroid dienone is 1. The van der Waals surface area contributed by atoms with Gasteiger partial charge >= 0.3 is 0 Å². The van der Waals surface area contributed by atoms with Crippen molar-refractivity contribution in [3.63, 3.8) is 0 Å². The summed E-state index contributed by atoms with van der Waals surface area (Å²) in [5.74, 6) is 0.931. The van der Waals surface area contributed by atoms with Gasteiger partial charge in [0.1, 0.15) is 12.4 Å². The molecule has 0 saturated carbocycles. The molecule has 0 radical (unpaired) electrons. The van der Waals surface area contributed by atoms with Crippen LogP contribution in [0.4, 0.5) is 0 Å². The van der Waals surface area contributed by atoms with Crippen LogP contribution in [0.25, 0.3) is 11.1 Å². The zero-order valence-corrected chi connectivity index (χ0v) is 19.2. The van der Waals surface area contributed by atoms with E-state index < -0.39 is 0 Å². The topological polar surface area (TPSA) is 12.5 Å². The Balaban J connectivity index is 1.93. The molecule has 0 unspecified atom stereocenters. The number of ether oxygens (including phenoxy) is 1. The van der Waals surface area contributed by atoms with E-state index in [4.69, 9.17) is 4.74 Å². The Morgan fingerprint density at radius 3 is 1.77 bits per heavy atom. The van der Waals surface area contributed by atoms with Crippen molar-refractivity contribution < 1.29 is 4.74 Å². The van der Waals surface area contributed by atoms with Gasteiger partial charge in [0, 0.05) is 6.54 Å². The van der Waals surface area contributed by atoms with Crippen molar-refractivity contribution in [3.05, 3.63) is 102 Å². The lowest BCUT2D eigenvalue weighted by Crippen LogP contribution is -2.27. The second-order valence-corrected chi connectivity index (χ2v) is 7.74. The zero-order chi connectivity index (χ0) is 21.9. The van der Waals surface area contributed by atoms with Gasteiger partial charge < -0.3 is 9.64 Å². The number of rotatable bonds is 11. The normalized spacial score (nSPS) is 12.0. The molecule has 0 aliphatic carbocycles. The summed E-state index contributed by atoms with van der Waals surface area (Å²) in [6, 6.07) is 30.1. The fourth-order valence-electron chi connectivity index (χ4n) is 3.97. The Bertz CT molecular complexity index is 925. The molecule has 3 aromatic carbocycles. The summed E-state index contributed by atoms with van der Waals surface area (Å²) in [6.07, 6.45) is 2.14. The van der Waals surface area contributed by atoms with Gasteiger partial charge in [-0.15, -0.1) is 0 Å². The van der Waals surface area contributed by atoms with Crippen LogP contribution in [-0.2, 0) is 0 Å². The van der Waals surface area contributed by atoms with Gasteiger partial charge in [-0.25, -0.2) is 0 Å². The minimum absolute atomic E-state index is 0.716. The van der Waals surface area contributed by atoms with Crippen LogP contribution in [0, 0.1) is 0 Å². The predicted molar refractivity (Wildman–Crippen MR) is 133 cm³/mol. The van der Waals surface area contributed by atoms with Crippen LogP contribution in [0.2, 0.25) is 0 Å². The SMILES string of the molecule is CCC/C(=C(\c1ccccc1)c1ccc(OCCN(CC)CC)cc1)c1ccccc1. The third-order valence-electron chi connectivity index (χ3n) is 5.70. The molecule has 0 aliphatic heterocycles. The van der Waals surface area contributed by atoms with Gasteiger partial charge in [-0.2, -0.15) is 0 Å². The lowest BCUT2D eigenvalue weighted by Gasteiger charge is -2.19. The van der Waals surface area contributed by atoms with Gasteiger partial charge in [-0.3, -0.25) is 0 Å². The fourth-order valence-corrected chi connectivity index (χ4v) is 3.97. The number of nitrogens with zero attached hydrogens (tertiary/aromatic N) is 1. The van der Waals surface area contributed by atoms with E-state index >= 15 is 0 Å². The summed E-state index contributed by atoms with van der Waals surface area (Å²) < 4.78 is 6.02. The number of benzene rings is 3. The summed E-state index contributed by atoms with van der Waals surface area (Å²) in [4.78, 5) is 2.38. The highest BCUT2D eigenvalue weighted by Crippen LogP contribution is 2.35. The molecule has 0 amide bonds. The maximum absolute atomic E-state index is 6.02. The first-order valence-corrected chi connectivity index (χ1v) is 11.6. The average molecular weight is 414 g/mol. The van der Waals surface area contributed by atoms with Crippen molar-refractivity contribution in [1.29, 1.82) is 0 Å². The second-order valence-electron chi connectivity index (χ2n) is 7.74.